The molecule has 400 valence electrons. The number of imide groups is 2. The van der Waals surface area contributed by atoms with Crippen LogP contribution in [0, 0.1) is 5.92 Å². The molecule has 14 nitrogen and oxygen atoms in total. The second-order valence-electron chi connectivity index (χ2n) is 21.4. The van der Waals surface area contributed by atoms with Crippen LogP contribution in [0.5, 0.6) is 0 Å². The van der Waals surface area contributed by atoms with Crippen LogP contribution < -0.4 is 21.3 Å². The Hall–Kier alpha value is -7.64. The average Bonchev–Trinajstić information content (AvgIpc) is 4.23. The fourth-order valence-corrected chi connectivity index (χ4v) is 12.2. The summed E-state index contributed by atoms with van der Waals surface area (Å²) in [6, 6.07) is 30.5. The molecule has 4 aromatic heterocycles. The van der Waals surface area contributed by atoms with Crippen LogP contribution in [-0.4, -0.2) is 105 Å². The first-order valence-electron chi connectivity index (χ1n) is 26.7. The molecule has 18 heteroatoms. The summed E-state index contributed by atoms with van der Waals surface area (Å²) in [4.78, 5) is 52.9. The van der Waals surface area contributed by atoms with Crippen LogP contribution in [0.1, 0.15) is 54.4 Å². The van der Waals surface area contributed by atoms with Crippen molar-refractivity contribution in [1.29, 1.82) is 0 Å². The van der Waals surface area contributed by atoms with Gasteiger partial charge in [-0.25, -0.2) is 17.6 Å². The molecule has 2 fully saturated rings. The molecular formula is C60H56F4N8O6. The number of rotatable bonds is 7. The molecule has 8 aromatic rings. The molecule has 2 saturated carbocycles. The van der Waals surface area contributed by atoms with E-state index in [0.29, 0.717) is 105 Å². The number of hydrogen-bond acceptors (Lipinski definition) is 8. The summed E-state index contributed by atoms with van der Waals surface area (Å²) in [6.45, 7) is 4.56. The van der Waals surface area contributed by atoms with E-state index in [0.717, 1.165) is 54.7 Å². The first kappa shape index (κ1) is 49.9. The van der Waals surface area contributed by atoms with Gasteiger partial charge in [0, 0.05) is 149 Å². The second-order valence-corrected chi connectivity index (χ2v) is 21.4. The van der Waals surface area contributed by atoms with E-state index in [1.807, 2.05) is 126 Å². The summed E-state index contributed by atoms with van der Waals surface area (Å²) in [6.07, 6.45) is 8.38. The number of benzene rings is 4. The number of carbonyl (C=O) groups excluding carboxylic acids is 4. The highest BCUT2D eigenvalue weighted by Crippen LogP contribution is 2.44. The number of hydrogen-bond donors (Lipinski definition) is 4. The van der Waals surface area contributed by atoms with Gasteiger partial charge in [-0.2, -0.15) is 0 Å². The van der Waals surface area contributed by atoms with Crippen molar-refractivity contribution in [1.82, 2.24) is 39.5 Å². The third-order valence-electron chi connectivity index (χ3n) is 16.2. The highest BCUT2D eigenvalue weighted by Gasteiger charge is 2.56. The minimum Gasteiger partial charge on any atom is -0.375 e. The average molecular weight is 1060 g/mol. The molecular weight excluding hydrogens is 1000 g/mol. The van der Waals surface area contributed by atoms with Crippen LogP contribution in [-0.2, 0) is 54.8 Å². The first-order chi connectivity index (χ1) is 37.8. The molecule has 0 saturated heterocycles. The highest BCUT2D eigenvalue weighted by molar-refractivity contribution is 6.51. The van der Waals surface area contributed by atoms with Crippen LogP contribution in [0.15, 0.2) is 122 Å². The number of fused-ring (bicyclic) bond motifs is 24. The summed E-state index contributed by atoms with van der Waals surface area (Å²) < 4.78 is 74.4. The lowest BCUT2D eigenvalue weighted by Crippen LogP contribution is -2.43. The minimum atomic E-state index is -2.64. The van der Waals surface area contributed by atoms with E-state index in [1.165, 1.54) is 0 Å². The summed E-state index contributed by atoms with van der Waals surface area (Å²) in [7, 11) is 0. The molecule has 4 aromatic carbocycles. The molecule has 4 amide bonds. The van der Waals surface area contributed by atoms with Gasteiger partial charge >= 0.3 is 0 Å². The summed E-state index contributed by atoms with van der Waals surface area (Å²) in [5.41, 5.74) is 8.15. The number of nitrogens with zero attached hydrogens (tertiary/aromatic N) is 4. The molecule has 0 spiro atoms. The molecule has 8 heterocycles. The smallest absolute Gasteiger partial charge is 0.265 e. The number of ether oxygens (including phenoxy) is 2. The van der Waals surface area contributed by atoms with E-state index in [2.05, 4.69) is 35.0 Å². The quantitative estimate of drug-likeness (QED) is 0.0916. The van der Waals surface area contributed by atoms with Crippen molar-refractivity contribution in [3.05, 3.63) is 144 Å². The Bertz CT molecular complexity index is 3820. The van der Waals surface area contributed by atoms with Gasteiger partial charge in [0.1, 0.15) is 0 Å². The number of carbonyl (C=O) groups is 4. The fraction of sp³-hybridized carbons (Fsp3) is 0.333. The number of halogens is 4. The molecule has 14 rings (SSSR count). The van der Waals surface area contributed by atoms with E-state index in [9.17, 15) is 36.7 Å². The fourth-order valence-electron chi connectivity index (χ4n) is 12.2. The minimum absolute atomic E-state index is 0.00291. The molecule has 4 aliphatic heterocycles. The van der Waals surface area contributed by atoms with Gasteiger partial charge in [-0.3, -0.25) is 29.8 Å². The maximum Gasteiger partial charge on any atom is 0.265 e. The van der Waals surface area contributed by atoms with Gasteiger partial charge in [-0.05, 0) is 49.6 Å². The van der Waals surface area contributed by atoms with Crippen LogP contribution in [0.25, 0.3) is 65.9 Å². The zero-order valence-corrected chi connectivity index (χ0v) is 42.5. The molecule has 4 N–H and O–H groups in total. The zero-order chi connectivity index (χ0) is 53.5. The molecule has 0 radical (unpaired) electrons. The standard InChI is InChI=1S/C31H30F2N4O3.C29H26F2N4O3/c32-31(33)13-19(14-31)15-34-16-20-9-10-36-17-23(21-5-1-3-7-25(21)36)27-28(30(39)35-29(27)38)24-18-37(11-12-40-20)26-8-4-2-6-22(24)26;30-29(31)13-24(29)32-14-17-9-10-34-15-20(18-5-1-3-7-22(18)34)25-26(28(37)33-27(25)36)21-16-35(11-12-38-17)23-8-4-2-6-19(21)23/h1-8,17-20,34H,9-16H2,(H,35,38,39);1-8,15-17,24,32H,9-14H2,(H,33,36,37). The van der Waals surface area contributed by atoms with Crippen molar-refractivity contribution < 1.29 is 46.2 Å². The third kappa shape index (κ3) is 9.13. The number of alkyl halides is 4. The number of para-hydroxylation sites is 4. The van der Waals surface area contributed by atoms with E-state index < -0.39 is 35.6 Å². The van der Waals surface area contributed by atoms with Crippen molar-refractivity contribution in [2.45, 2.75) is 88.4 Å². The largest absolute Gasteiger partial charge is 0.375 e. The number of nitrogens with one attached hydrogen (secondary N) is 4. The molecule has 8 bridgehead atoms. The zero-order valence-electron chi connectivity index (χ0n) is 42.5. The van der Waals surface area contributed by atoms with Gasteiger partial charge in [0.2, 0.25) is 5.92 Å². The van der Waals surface area contributed by atoms with Crippen LogP contribution in [0.2, 0.25) is 0 Å². The number of amides is 4. The Morgan fingerprint density at radius 3 is 1.18 bits per heavy atom. The van der Waals surface area contributed by atoms with E-state index in [4.69, 9.17) is 9.47 Å². The van der Waals surface area contributed by atoms with Crippen molar-refractivity contribution in [3.8, 4) is 0 Å². The van der Waals surface area contributed by atoms with Gasteiger partial charge < -0.3 is 38.4 Å². The first-order valence-corrected chi connectivity index (χ1v) is 26.7. The van der Waals surface area contributed by atoms with E-state index >= 15 is 0 Å². The predicted molar refractivity (Wildman–Crippen MR) is 288 cm³/mol. The lowest BCUT2D eigenvalue weighted by atomic mass is 9.81. The number of aryl methyl sites for hydroxylation is 2. The van der Waals surface area contributed by atoms with E-state index in [1.54, 1.807) is 0 Å². The number of aromatic nitrogens is 4. The summed E-state index contributed by atoms with van der Waals surface area (Å²) in [5, 5.41) is 14.9. The van der Waals surface area contributed by atoms with Gasteiger partial charge in [0.05, 0.1) is 53.8 Å². The molecule has 78 heavy (non-hydrogen) atoms. The summed E-state index contributed by atoms with van der Waals surface area (Å²) >= 11 is 0. The lowest BCUT2D eigenvalue weighted by molar-refractivity contribution is -0.124. The molecule has 3 atom stereocenters. The van der Waals surface area contributed by atoms with Crippen LogP contribution in [0.4, 0.5) is 17.6 Å². The monoisotopic (exact) mass is 1060 g/mol. The maximum atomic E-state index is 13.5. The summed E-state index contributed by atoms with van der Waals surface area (Å²) in [5.74, 6) is -6.76. The van der Waals surface area contributed by atoms with Gasteiger partial charge in [0.15, 0.2) is 0 Å². The van der Waals surface area contributed by atoms with Crippen molar-refractivity contribution in [2.24, 2.45) is 5.92 Å². The Morgan fingerprint density at radius 1 is 0.474 bits per heavy atom. The van der Waals surface area contributed by atoms with Crippen molar-refractivity contribution >= 4 is 89.5 Å². The molecule has 3 unspecified atom stereocenters. The van der Waals surface area contributed by atoms with Gasteiger partial charge in [0.25, 0.3) is 29.6 Å². The van der Waals surface area contributed by atoms with Gasteiger partial charge in [-0.15, -0.1) is 0 Å². The Balaban J connectivity index is 0.000000149. The SMILES string of the molecule is O=C1NC(=O)C2=C1c1cn(c3ccccc13)CCOC(CNC1CC1(F)F)CCn1cc2c2ccccc21.O=C1NC(=O)C2=C1c1cn(c3ccccc13)CCOC(CNCC1CC(F)(F)C1)CCn1cc2c2ccccc21. The predicted octanol–water partition coefficient (Wildman–Crippen LogP) is 8.54. The molecule has 2 aliphatic carbocycles. The lowest BCUT2D eigenvalue weighted by Gasteiger charge is -2.35. The Labute approximate surface area is 445 Å². The Morgan fingerprint density at radius 2 is 0.821 bits per heavy atom. The second kappa shape index (κ2) is 19.7. The maximum absolute atomic E-state index is 13.5. The third-order valence-corrected chi connectivity index (χ3v) is 16.2. The van der Waals surface area contributed by atoms with Gasteiger partial charge in [-0.1, -0.05) is 72.8 Å². The van der Waals surface area contributed by atoms with Crippen LogP contribution >= 0.6 is 0 Å². The van der Waals surface area contributed by atoms with Crippen LogP contribution in [0.3, 0.4) is 0 Å². The Kier molecular flexibility index (Phi) is 12.6. The highest BCUT2D eigenvalue weighted by atomic mass is 19.3. The van der Waals surface area contributed by atoms with Crippen molar-refractivity contribution in [2.75, 3.05) is 32.8 Å². The molecule has 6 aliphatic rings. The van der Waals surface area contributed by atoms with Crippen molar-refractivity contribution in [3.63, 3.8) is 0 Å². The normalized spacial score (nSPS) is 22.2. The topological polar surface area (TPSA) is 155 Å². The van der Waals surface area contributed by atoms with E-state index in [-0.39, 0.29) is 43.3 Å².